The number of nitrogens with zero attached hydrogens (tertiary/aromatic N) is 3. The van der Waals surface area contributed by atoms with Crippen molar-refractivity contribution in [1.82, 2.24) is 19.7 Å². The number of fused-ring (bicyclic) bond motifs is 1. The standard InChI is InChI=1S/C17H19ClFN5O2/c1-17(2,3)24-14-10(7-21-24)15(26)23-16(22-14)20-8-13(25)9-4-5-11(18)12(19)6-9/h4-7,13,25H,8H2,1-3H3,(H2,20,22,23,26). The van der Waals surface area contributed by atoms with E-state index in [-0.39, 0.29) is 28.6 Å². The van der Waals surface area contributed by atoms with Gasteiger partial charge in [-0.2, -0.15) is 10.1 Å². The normalized spacial score (nSPS) is 13.2. The number of aliphatic hydroxyl groups excluding tert-OH is 1. The second-order valence-electron chi connectivity index (χ2n) is 6.95. The molecule has 0 aliphatic rings. The largest absolute Gasteiger partial charge is 0.387 e. The van der Waals surface area contributed by atoms with Gasteiger partial charge in [0, 0.05) is 6.54 Å². The Morgan fingerprint density at radius 3 is 2.81 bits per heavy atom. The SMILES string of the molecule is CC(C)(C)n1ncc2c(=O)[nH]c(NCC(O)c3ccc(Cl)c(F)c3)nc21. The number of aromatic amines is 1. The fraction of sp³-hybridized carbons (Fsp3) is 0.353. The lowest BCUT2D eigenvalue weighted by molar-refractivity contribution is 0.191. The summed E-state index contributed by atoms with van der Waals surface area (Å²) in [5, 5.41) is 17.7. The third kappa shape index (κ3) is 3.56. The molecule has 9 heteroatoms. The molecule has 3 aromatic rings. The molecule has 26 heavy (non-hydrogen) atoms. The molecule has 0 aliphatic carbocycles. The van der Waals surface area contributed by atoms with E-state index in [0.29, 0.717) is 16.6 Å². The molecule has 0 saturated carbocycles. The molecule has 0 amide bonds. The minimum Gasteiger partial charge on any atom is -0.387 e. The van der Waals surface area contributed by atoms with Crippen molar-refractivity contribution in [3.8, 4) is 0 Å². The summed E-state index contributed by atoms with van der Waals surface area (Å²) < 4.78 is 15.2. The highest BCUT2D eigenvalue weighted by Gasteiger charge is 2.20. The fourth-order valence-corrected chi connectivity index (χ4v) is 2.64. The van der Waals surface area contributed by atoms with Gasteiger partial charge in [-0.1, -0.05) is 17.7 Å². The van der Waals surface area contributed by atoms with Crippen molar-refractivity contribution in [2.75, 3.05) is 11.9 Å². The number of anilines is 1. The van der Waals surface area contributed by atoms with Crippen LogP contribution in [0.5, 0.6) is 0 Å². The van der Waals surface area contributed by atoms with E-state index in [9.17, 15) is 14.3 Å². The number of halogens is 2. The Bertz CT molecular complexity index is 1010. The molecular weight excluding hydrogens is 361 g/mol. The van der Waals surface area contributed by atoms with Crippen LogP contribution in [-0.2, 0) is 5.54 Å². The number of H-pyrrole nitrogens is 1. The summed E-state index contributed by atoms with van der Waals surface area (Å²) in [6.07, 6.45) is 0.469. The summed E-state index contributed by atoms with van der Waals surface area (Å²) in [6.45, 7) is 5.88. The lowest BCUT2D eigenvalue weighted by Crippen LogP contribution is -2.24. The van der Waals surface area contributed by atoms with E-state index >= 15 is 0 Å². The zero-order valence-corrected chi connectivity index (χ0v) is 15.3. The number of aromatic nitrogens is 4. The van der Waals surface area contributed by atoms with E-state index in [1.165, 1.54) is 24.4 Å². The van der Waals surface area contributed by atoms with Crippen LogP contribution >= 0.6 is 11.6 Å². The zero-order valence-electron chi connectivity index (χ0n) is 14.5. The number of benzene rings is 1. The lowest BCUT2D eigenvalue weighted by atomic mass is 10.1. The lowest BCUT2D eigenvalue weighted by Gasteiger charge is -2.20. The Hall–Kier alpha value is -2.45. The van der Waals surface area contributed by atoms with Crippen molar-refractivity contribution in [3.05, 3.63) is 51.2 Å². The molecule has 0 spiro atoms. The first-order chi connectivity index (χ1) is 12.2. The molecular formula is C17H19ClFN5O2. The first-order valence-corrected chi connectivity index (χ1v) is 8.40. The van der Waals surface area contributed by atoms with Crippen molar-refractivity contribution in [2.45, 2.75) is 32.4 Å². The first kappa shape index (κ1) is 18.3. The molecule has 7 nitrogen and oxygen atoms in total. The maximum atomic E-state index is 13.5. The molecule has 3 rings (SSSR count). The van der Waals surface area contributed by atoms with Crippen molar-refractivity contribution in [1.29, 1.82) is 0 Å². The number of hydrogen-bond acceptors (Lipinski definition) is 5. The van der Waals surface area contributed by atoms with Crippen molar-refractivity contribution in [3.63, 3.8) is 0 Å². The van der Waals surface area contributed by atoms with E-state index in [1.54, 1.807) is 4.68 Å². The molecule has 0 saturated heterocycles. The van der Waals surface area contributed by atoms with Crippen LogP contribution in [0.2, 0.25) is 5.02 Å². The van der Waals surface area contributed by atoms with Crippen LogP contribution < -0.4 is 10.9 Å². The summed E-state index contributed by atoms with van der Waals surface area (Å²) in [5.41, 5.74) is 0.124. The summed E-state index contributed by atoms with van der Waals surface area (Å²) in [7, 11) is 0. The topological polar surface area (TPSA) is 95.8 Å². The molecule has 1 atom stereocenters. The van der Waals surface area contributed by atoms with Crippen LogP contribution in [0.1, 0.15) is 32.4 Å². The van der Waals surface area contributed by atoms with Gasteiger partial charge >= 0.3 is 0 Å². The van der Waals surface area contributed by atoms with E-state index in [2.05, 4.69) is 20.4 Å². The van der Waals surface area contributed by atoms with E-state index in [4.69, 9.17) is 11.6 Å². The molecule has 138 valence electrons. The summed E-state index contributed by atoms with van der Waals surface area (Å²) >= 11 is 5.64. The third-order valence-corrected chi connectivity index (χ3v) is 4.17. The zero-order chi connectivity index (χ0) is 19.1. The Kier molecular flexibility index (Phi) is 4.72. The van der Waals surface area contributed by atoms with Crippen molar-refractivity contribution in [2.24, 2.45) is 0 Å². The van der Waals surface area contributed by atoms with Gasteiger partial charge in [0.1, 0.15) is 11.2 Å². The Morgan fingerprint density at radius 1 is 1.42 bits per heavy atom. The molecule has 0 fully saturated rings. The predicted molar refractivity (Wildman–Crippen MR) is 98.0 cm³/mol. The highest BCUT2D eigenvalue weighted by molar-refractivity contribution is 6.30. The van der Waals surface area contributed by atoms with Gasteiger partial charge in [-0.15, -0.1) is 0 Å². The molecule has 0 aliphatic heterocycles. The molecule has 2 aromatic heterocycles. The minimum atomic E-state index is -1.00. The fourth-order valence-electron chi connectivity index (χ4n) is 2.52. The number of aliphatic hydroxyl groups is 1. The molecule has 1 unspecified atom stereocenters. The van der Waals surface area contributed by atoms with Crippen LogP contribution in [0.4, 0.5) is 10.3 Å². The Balaban J connectivity index is 1.84. The highest BCUT2D eigenvalue weighted by Crippen LogP contribution is 2.21. The number of hydrogen-bond donors (Lipinski definition) is 3. The molecule has 0 radical (unpaired) electrons. The van der Waals surface area contributed by atoms with E-state index < -0.39 is 11.9 Å². The van der Waals surface area contributed by atoms with Crippen molar-refractivity contribution < 1.29 is 9.50 Å². The molecule has 0 bridgehead atoms. The minimum absolute atomic E-state index is 0.0131. The molecule has 3 N–H and O–H groups in total. The summed E-state index contributed by atoms with van der Waals surface area (Å²) in [4.78, 5) is 19.2. The molecule has 1 aromatic carbocycles. The van der Waals surface area contributed by atoms with Crippen LogP contribution in [0, 0.1) is 5.82 Å². The van der Waals surface area contributed by atoms with E-state index in [1.807, 2.05) is 20.8 Å². The summed E-state index contributed by atoms with van der Waals surface area (Å²) in [6, 6.07) is 4.08. The molecule has 2 heterocycles. The highest BCUT2D eigenvalue weighted by atomic mass is 35.5. The third-order valence-electron chi connectivity index (χ3n) is 3.86. The predicted octanol–water partition coefficient (Wildman–Crippen LogP) is 2.81. The average molecular weight is 380 g/mol. The van der Waals surface area contributed by atoms with Gasteiger partial charge in [-0.25, -0.2) is 9.07 Å². The van der Waals surface area contributed by atoms with Gasteiger partial charge in [0.2, 0.25) is 5.95 Å². The monoisotopic (exact) mass is 379 g/mol. The smallest absolute Gasteiger partial charge is 0.263 e. The van der Waals surface area contributed by atoms with Crippen molar-refractivity contribution >= 4 is 28.6 Å². The van der Waals surface area contributed by atoms with E-state index in [0.717, 1.165) is 0 Å². The van der Waals surface area contributed by atoms with Gasteiger partial charge in [0.15, 0.2) is 5.65 Å². The van der Waals surface area contributed by atoms with Crippen LogP contribution in [0.25, 0.3) is 11.0 Å². The van der Waals surface area contributed by atoms with Crippen LogP contribution in [0.15, 0.2) is 29.2 Å². The maximum absolute atomic E-state index is 13.5. The quantitative estimate of drug-likeness (QED) is 0.647. The summed E-state index contributed by atoms with van der Waals surface area (Å²) in [5.74, 6) is -0.410. The van der Waals surface area contributed by atoms with Gasteiger partial charge in [0.05, 0.1) is 22.9 Å². The van der Waals surface area contributed by atoms with Gasteiger partial charge < -0.3 is 10.4 Å². The van der Waals surface area contributed by atoms with Crippen LogP contribution in [-0.4, -0.2) is 31.4 Å². The average Bonchev–Trinajstić information content (AvgIpc) is 3.00. The number of rotatable bonds is 4. The number of nitrogens with one attached hydrogen (secondary N) is 2. The first-order valence-electron chi connectivity index (χ1n) is 8.02. The van der Waals surface area contributed by atoms with Gasteiger partial charge in [0.25, 0.3) is 5.56 Å². The van der Waals surface area contributed by atoms with Gasteiger partial charge in [-0.3, -0.25) is 9.78 Å². The second kappa shape index (κ2) is 6.69. The maximum Gasteiger partial charge on any atom is 0.263 e. The Morgan fingerprint density at radius 2 is 2.15 bits per heavy atom. The van der Waals surface area contributed by atoms with Gasteiger partial charge in [-0.05, 0) is 38.5 Å². The second-order valence-corrected chi connectivity index (χ2v) is 7.36. The Labute approximate surface area is 153 Å². The van der Waals surface area contributed by atoms with Crippen LogP contribution in [0.3, 0.4) is 0 Å².